The first-order chi connectivity index (χ1) is 15.2. The fourth-order valence-corrected chi connectivity index (χ4v) is 3.48. The van der Waals surface area contributed by atoms with Crippen LogP contribution in [-0.4, -0.2) is 67.0 Å². The lowest BCUT2D eigenvalue weighted by molar-refractivity contribution is -0.240. The Bertz CT molecular complexity index is 1220. The van der Waals surface area contributed by atoms with Crippen LogP contribution in [0.3, 0.4) is 0 Å². The number of hydrogen-bond donors (Lipinski definition) is 7. The zero-order valence-corrected chi connectivity index (χ0v) is 16.4. The lowest BCUT2D eigenvalue weighted by Crippen LogP contribution is -2.51. The molecule has 32 heavy (non-hydrogen) atoms. The summed E-state index contributed by atoms with van der Waals surface area (Å²) in [5.74, 6) is -2.69. The lowest BCUT2D eigenvalue weighted by atomic mass is 10.0. The summed E-state index contributed by atoms with van der Waals surface area (Å²) in [6.45, 7) is -0.571. The fraction of sp³-hybridized carbons (Fsp3) is 0.286. The van der Waals surface area contributed by atoms with Crippen LogP contribution < -0.4 is 10.2 Å². The molecule has 2 aromatic carbocycles. The van der Waals surface area contributed by atoms with Gasteiger partial charge in [0.15, 0.2) is 17.3 Å². The van der Waals surface area contributed by atoms with Gasteiger partial charge < -0.3 is 49.6 Å². The van der Waals surface area contributed by atoms with Gasteiger partial charge in [-0.05, 0) is 18.2 Å². The summed E-state index contributed by atoms with van der Waals surface area (Å²) in [4.78, 5) is 13.2. The predicted molar refractivity (Wildman–Crippen MR) is 108 cm³/mol. The van der Waals surface area contributed by atoms with Crippen molar-refractivity contribution in [2.45, 2.75) is 31.0 Å². The van der Waals surface area contributed by atoms with Crippen molar-refractivity contribution in [3.63, 3.8) is 0 Å². The number of hydrogen-bond acceptors (Lipinski definition) is 11. The number of fused-ring (bicyclic) bond motifs is 1. The van der Waals surface area contributed by atoms with Gasteiger partial charge in [0.2, 0.25) is 17.5 Å². The second-order valence-corrected chi connectivity index (χ2v) is 7.34. The van der Waals surface area contributed by atoms with Gasteiger partial charge in [-0.15, -0.1) is 0 Å². The molecule has 11 nitrogen and oxygen atoms in total. The molecule has 0 saturated carbocycles. The first-order valence-corrected chi connectivity index (χ1v) is 9.53. The molecular weight excluding hydrogens is 428 g/mol. The third-order valence-corrected chi connectivity index (χ3v) is 5.10. The Labute approximate surface area is 179 Å². The van der Waals surface area contributed by atoms with Crippen LogP contribution in [-0.2, 0) is 4.74 Å². The third kappa shape index (κ3) is 3.78. The number of aromatic hydroxyl groups is 4. The van der Waals surface area contributed by atoms with Crippen molar-refractivity contribution >= 4 is 11.0 Å². The van der Waals surface area contributed by atoms with Crippen LogP contribution >= 0.6 is 0 Å². The van der Waals surface area contributed by atoms with Gasteiger partial charge in [0.05, 0.1) is 12.7 Å². The Morgan fingerprint density at radius 2 is 1.72 bits per heavy atom. The van der Waals surface area contributed by atoms with Gasteiger partial charge in [-0.2, -0.15) is 0 Å². The summed E-state index contributed by atoms with van der Waals surface area (Å²) in [7, 11) is 0. The molecule has 7 N–H and O–H groups in total. The Hall–Kier alpha value is -3.51. The normalized spacial score (nSPS) is 23.3. The molecular formula is C21H20O11. The van der Waals surface area contributed by atoms with E-state index in [0.717, 1.165) is 24.3 Å². The standard InChI is InChI=1S/C21H20O11/c22-7-16-12(26)6-14(28)21(31-16)32-20-18(29)17-13(27)4-9(23)5-15(17)30-19(20)8-1-2-10(24)11(25)3-8/h1-5,12,14,16,21-28H,6-7H2. The quantitative estimate of drug-likeness (QED) is 0.275. The molecule has 1 aliphatic rings. The van der Waals surface area contributed by atoms with Gasteiger partial charge in [0, 0.05) is 24.1 Å². The number of ether oxygens (including phenoxy) is 2. The van der Waals surface area contributed by atoms with Gasteiger partial charge in [-0.3, -0.25) is 4.79 Å². The molecule has 2 heterocycles. The van der Waals surface area contributed by atoms with Crippen LogP contribution in [0.2, 0.25) is 0 Å². The number of rotatable bonds is 4. The molecule has 1 fully saturated rings. The van der Waals surface area contributed by atoms with Crippen LogP contribution in [0.25, 0.3) is 22.3 Å². The van der Waals surface area contributed by atoms with E-state index in [1.165, 1.54) is 6.07 Å². The molecule has 1 aromatic heterocycles. The zero-order chi connectivity index (χ0) is 23.2. The zero-order valence-electron chi connectivity index (χ0n) is 16.4. The van der Waals surface area contributed by atoms with Gasteiger partial charge in [-0.25, -0.2) is 0 Å². The molecule has 4 unspecified atom stereocenters. The summed E-state index contributed by atoms with van der Waals surface area (Å²) in [5.41, 5.74) is -0.994. The number of aliphatic hydroxyl groups excluding tert-OH is 3. The minimum atomic E-state index is -1.49. The maximum Gasteiger partial charge on any atom is 0.239 e. The van der Waals surface area contributed by atoms with Gasteiger partial charge >= 0.3 is 0 Å². The largest absolute Gasteiger partial charge is 0.508 e. The molecule has 4 atom stereocenters. The number of phenols is 4. The van der Waals surface area contributed by atoms with Crippen LogP contribution in [0.15, 0.2) is 39.5 Å². The van der Waals surface area contributed by atoms with E-state index in [4.69, 9.17) is 13.9 Å². The van der Waals surface area contributed by atoms with Crippen LogP contribution in [0.1, 0.15) is 6.42 Å². The van der Waals surface area contributed by atoms with E-state index in [9.17, 15) is 40.5 Å². The molecule has 170 valence electrons. The highest BCUT2D eigenvalue weighted by Crippen LogP contribution is 2.39. The molecule has 0 bridgehead atoms. The molecule has 0 spiro atoms. The van der Waals surface area contributed by atoms with E-state index >= 15 is 0 Å². The maximum atomic E-state index is 13.2. The maximum absolute atomic E-state index is 13.2. The second-order valence-electron chi connectivity index (χ2n) is 7.34. The summed E-state index contributed by atoms with van der Waals surface area (Å²) < 4.78 is 16.7. The van der Waals surface area contributed by atoms with Crippen LogP contribution in [0.5, 0.6) is 28.7 Å². The molecule has 1 saturated heterocycles. The van der Waals surface area contributed by atoms with Crippen molar-refractivity contribution in [1.29, 1.82) is 0 Å². The van der Waals surface area contributed by atoms with Crippen molar-refractivity contribution < 1.29 is 49.6 Å². The molecule has 11 heteroatoms. The summed E-state index contributed by atoms with van der Waals surface area (Å²) in [6, 6.07) is 5.57. The molecule has 0 radical (unpaired) electrons. The molecule has 0 aliphatic carbocycles. The minimum Gasteiger partial charge on any atom is -0.508 e. The smallest absolute Gasteiger partial charge is 0.239 e. The number of aliphatic hydroxyl groups is 3. The first-order valence-electron chi connectivity index (χ1n) is 9.53. The molecule has 3 aromatic rings. The minimum absolute atomic E-state index is 0.0844. The molecule has 0 amide bonds. The highest BCUT2D eigenvalue weighted by molar-refractivity contribution is 5.88. The van der Waals surface area contributed by atoms with E-state index in [-0.39, 0.29) is 34.5 Å². The van der Waals surface area contributed by atoms with E-state index in [1.54, 1.807) is 0 Å². The summed E-state index contributed by atoms with van der Waals surface area (Å²) in [5, 5.41) is 68.6. The predicted octanol–water partition coefficient (Wildman–Crippen LogP) is 0.490. The van der Waals surface area contributed by atoms with E-state index < -0.39 is 59.6 Å². The lowest BCUT2D eigenvalue weighted by Gasteiger charge is -2.36. The van der Waals surface area contributed by atoms with Crippen molar-refractivity contribution in [3.05, 3.63) is 40.6 Å². The van der Waals surface area contributed by atoms with Crippen molar-refractivity contribution in [2.24, 2.45) is 0 Å². The third-order valence-electron chi connectivity index (χ3n) is 5.10. The number of phenolic OH excluding ortho intramolecular Hbond substituents is 4. The fourth-order valence-electron chi connectivity index (χ4n) is 3.48. The van der Waals surface area contributed by atoms with E-state index in [1.807, 2.05) is 0 Å². The average Bonchev–Trinajstić information content (AvgIpc) is 2.73. The van der Waals surface area contributed by atoms with Gasteiger partial charge in [0.1, 0.15) is 34.7 Å². The second kappa shape index (κ2) is 8.20. The SMILES string of the molecule is O=c1c(OC2OC(CO)C(O)CC2O)c(-c2ccc(O)c(O)c2)oc2cc(O)cc(O)c12. The molecule has 4 rings (SSSR count). The highest BCUT2D eigenvalue weighted by Gasteiger charge is 2.38. The van der Waals surface area contributed by atoms with E-state index in [2.05, 4.69) is 0 Å². The Morgan fingerprint density at radius 1 is 0.969 bits per heavy atom. The van der Waals surface area contributed by atoms with Gasteiger partial charge in [-0.1, -0.05) is 0 Å². The highest BCUT2D eigenvalue weighted by atomic mass is 16.7. The van der Waals surface area contributed by atoms with Crippen molar-refractivity contribution in [2.75, 3.05) is 6.61 Å². The first kappa shape index (κ1) is 21.7. The van der Waals surface area contributed by atoms with Crippen molar-refractivity contribution in [1.82, 2.24) is 0 Å². The number of benzene rings is 2. The summed E-state index contributed by atoms with van der Waals surface area (Å²) >= 11 is 0. The van der Waals surface area contributed by atoms with Gasteiger partial charge in [0.25, 0.3) is 0 Å². The monoisotopic (exact) mass is 448 g/mol. The summed E-state index contributed by atoms with van der Waals surface area (Å²) in [6.07, 6.45) is -5.31. The van der Waals surface area contributed by atoms with E-state index in [0.29, 0.717) is 0 Å². The average molecular weight is 448 g/mol. The Kier molecular flexibility index (Phi) is 5.57. The van der Waals surface area contributed by atoms with Crippen LogP contribution in [0.4, 0.5) is 0 Å². The van der Waals surface area contributed by atoms with Crippen molar-refractivity contribution in [3.8, 4) is 40.1 Å². The molecule has 1 aliphatic heterocycles. The Balaban J connectivity index is 1.90. The Morgan fingerprint density at radius 3 is 2.41 bits per heavy atom. The van der Waals surface area contributed by atoms with Crippen LogP contribution in [0, 0.1) is 0 Å². The topological polar surface area (TPSA) is 190 Å².